The van der Waals surface area contributed by atoms with E-state index in [1.807, 2.05) is 24.3 Å². The van der Waals surface area contributed by atoms with Crippen molar-refractivity contribution in [2.24, 2.45) is 14.1 Å². The molecule has 0 bridgehead atoms. The lowest BCUT2D eigenvalue weighted by Crippen LogP contribution is -2.39. The monoisotopic (exact) mass is 378 g/mol. The summed E-state index contributed by atoms with van der Waals surface area (Å²) in [6.07, 6.45) is 2.28. The summed E-state index contributed by atoms with van der Waals surface area (Å²) in [6.45, 7) is 0.391. The van der Waals surface area contributed by atoms with Crippen LogP contribution in [0.1, 0.15) is 12.0 Å². The summed E-state index contributed by atoms with van der Waals surface area (Å²) in [5.74, 6) is 1.65. The summed E-state index contributed by atoms with van der Waals surface area (Å²) in [5, 5.41) is 0.766. The van der Waals surface area contributed by atoms with E-state index < -0.39 is 0 Å². The number of aromatic nitrogens is 4. The Morgan fingerprint density at radius 2 is 1.96 bits per heavy atom. The van der Waals surface area contributed by atoms with Crippen molar-refractivity contribution in [2.45, 2.75) is 18.7 Å². The molecular formula is C17H19ClN4O2S. The van der Waals surface area contributed by atoms with E-state index in [0.29, 0.717) is 17.7 Å². The zero-order valence-electron chi connectivity index (χ0n) is 14.1. The number of rotatable bonds is 6. The van der Waals surface area contributed by atoms with Crippen LogP contribution >= 0.6 is 23.4 Å². The summed E-state index contributed by atoms with van der Waals surface area (Å²) in [6, 6.07) is 7.76. The highest BCUT2D eigenvalue weighted by Gasteiger charge is 2.14. The van der Waals surface area contributed by atoms with Gasteiger partial charge in [0.25, 0.3) is 5.56 Å². The SMILES string of the molecule is Cn1cnc2c1c(=O)n(CCCSCc1ccccc1Cl)c(=O)n2C. The van der Waals surface area contributed by atoms with E-state index in [1.165, 1.54) is 9.13 Å². The van der Waals surface area contributed by atoms with Gasteiger partial charge in [-0.05, 0) is 23.8 Å². The van der Waals surface area contributed by atoms with Gasteiger partial charge in [0.15, 0.2) is 11.2 Å². The Labute approximate surface area is 154 Å². The molecule has 0 saturated heterocycles. The molecule has 0 radical (unpaired) electrons. The second kappa shape index (κ2) is 7.49. The van der Waals surface area contributed by atoms with Gasteiger partial charge in [0.1, 0.15) is 0 Å². The maximum Gasteiger partial charge on any atom is 0.332 e. The Balaban J connectivity index is 1.68. The maximum absolute atomic E-state index is 12.6. The Bertz CT molecular complexity index is 1020. The van der Waals surface area contributed by atoms with E-state index in [-0.39, 0.29) is 11.2 Å². The molecule has 2 heterocycles. The van der Waals surface area contributed by atoms with Crippen LogP contribution in [0.3, 0.4) is 0 Å². The Kier molecular flexibility index (Phi) is 5.34. The number of benzene rings is 1. The predicted octanol–water partition coefficient (Wildman–Crippen LogP) is 2.41. The molecule has 1 aromatic carbocycles. The third-order valence-corrected chi connectivity index (χ3v) is 5.55. The smallest absolute Gasteiger partial charge is 0.328 e. The molecule has 8 heteroatoms. The van der Waals surface area contributed by atoms with E-state index >= 15 is 0 Å². The van der Waals surface area contributed by atoms with Gasteiger partial charge in [0.2, 0.25) is 0 Å². The van der Waals surface area contributed by atoms with Crippen LogP contribution in [0.25, 0.3) is 11.2 Å². The lowest BCUT2D eigenvalue weighted by molar-refractivity contribution is 0.594. The van der Waals surface area contributed by atoms with E-state index in [9.17, 15) is 9.59 Å². The molecule has 0 unspecified atom stereocenters. The second-order valence-corrected chi connectivity index (χ2v) is 7.34. The van der Waals surface area contributed by atoms with Gasteiger partial charge < -0.3 is 4.57 Å². The van der Waals surface area contributed by atoms with Crippen molar-refractivity contribution in [1.82, 2.24) is 18.7 Å². The second-order valence-electron chi connectivity index (χ2n) is 5.82. The van der Waals surface area contributed by atoms with Crippen LogP contribution < -0.4 is 11.2 Å². The van der Waals surface area contributed by atoms with Gasteiger partial charge >= 0.3 is 5.69 Å². The first kappa shape index (κ1) is 17.8. The van der Waals surface area contributed by atoms with Crippen molar-refractivity contribution in [2.75, 3.05) is 5.75 Å². The van der Waals surface area contributed by atoms with E-state index in [1.54, 1.807) is 36.8 Å². The topological polar surface area (TPSA) is 61.8 Å². The van der Waals surface area contributed by atoms with E-state index in [0.717, 1.165) is 28.5 Å². The van der Waals surface area contributed by atoms with Gasteiger partial charge in [0.05, 0.1) is 6.33 Å². The largest absolute Gasteiger partial charge is 0.332 e. The van der Waals surface area contributed by atoms with Gasteiger partial charge in [-0.15, -0.1) is 0 Å². The maximum atomic E-state index is 12.6. The first-order valence-corrected chi connectivity index (χ1v) is 9.46. The number of thioether (sulfide) groups is 1. The molecule has 0 atom stereocenters. The lowest BCUT2D eigenvalue weighted by atomic mass is 10.2. The van der Waals surface area contributed by atoms with Crippen molar-refractivity contribution in [3.63, 3.8) is 0 Å². The average molecular weight is 379 g/mol. The number of halogens is 1. The molecule has 0 amide bonds. The minimum absolute atomic E-state index is 0.283. The van der Waals surface area contributed by atoms with Crippen molar-refractivity contribution < 1.29 is 0 Å². The number of aryl methyl sites for hydroxylation is 2. The Morgan fingerprint density at radius 3 is 2.72 bits per heavy atom. The van der Waals surface area contributed by atoms with Gasteiger partial charge in [-0.1, -0.05) is 29.8 Å². The molecule has 0 fully saturated rings. The molecule has 2 aromatic heterocycles. The molecule has 132 valence electrons. The number of fused-ring (bicyclic) bond motifs is 1. The fraction of sp³-hybridized carbons (Fsp3) is 0.353. The normalized spacial score (nSPS) is 11.3. The van der Waals surface area contributed by atoms with Crippen molar-refractivity contribution in [3.05, 3.63) is 62.0 Å². The minimum Gasteiger partial charge on any atom is -0.328 e. The number of hydrogen-bond donors (Lipinski definition) is 0. The summed E-state index contributed by atoms with van der Waals surface area (Å²) in [4.78, 5) is 29.1. The number of hydrogen-bond acceptors (Lipinski definition) is 4. The minimum atomic E-state index is -0.327. The molecule has 0 spiro atoms. The van der Waals surface area contributed by atoms with Crippen molar-refractivity contribution in [1.29, 1.82) is 0 Å². The van der Waals surface area contributed by atoms with Crippen LogP contribution in [-0.2, 0) is 26.4 Å². The quantitative estimate of drug-likeness (QED) is 0.618. The van der Waals surface area contributed by atoms with Crippen LogP contribution in [-0.4, -0.2) is 24.4 Å². The molecule has 0 aliphatic carbocycles. The van der Waals surface area contributed by atoms with Crippen LogP contribution in [0.2, 0.25) is 5.02 Å². The number of imidazole rings is 1. The average Bonchev–Trinajstić information content (AvgIpc) is 2.99. The molecule has 3 rings (SSSR count). The van der Waals surface area contributed by atoms with E-state index in [2.05, 4.69) is 4.98 Å². The zero-order valence-corrected chi connectivity index (χ0v) is 15.7. The predicted molar refractivity (Wildman–Crippen MR) is 102 cm³/mol. The van der Waals surface area contributed by atoms with Crippen LogP contribution in [0.4, 0.5) is 0 Å². The van der Waals surface area contributed by atoms with Gasteiger partial charge in [-0.2, -0.15) is 11.8 Å². The first-order chi connectivity index (χ1) is 12.0. The van der Waals surface area contributed by atoms with Gasteiger partial charge in [-0.25, -0.2) is 9.78 Å². The third kappa shape index (κ3) is 3.52. The fourth-order valence-electron chi connectivity index (χ4n) is 2.72. The lowest BCUT2D eigenvalue weighted by Gasteiger charge is -2.09. The highest BCUT2D eigenvalue weighted by Crippen LogP contribution is 2.21. The Hall–Kier alpha value is -1.99. The van der Waals surface area contributed by atoms with Crippen LogP contribution in [0.15, 0.2) is 40.2 Å². The molecule has 3 aromatic rings. The van der Waals surface area contributed by atoms with Crippen LogP contribution in [0.5, 0.6) is 0 Å². The Morgan fingerprint density at radius 1 is 1.20 bits per heavy atom. The van der Waals surface area contributed by atoms with Crippen molar-refractivity contribution in [3.8, 4) is 0 Å². The zero-order chi connectivity index (χ0) is 18.0. The van der Waals surface area contributed by atoms with Crippen LogP contribution in [0, 0.1) is 0 Å². The highest BCUT2D eigenvalue weighted by atomic mass is 35.5. The molecule has 0 aliphatic rings. The molecule has 0 aliphatic heterocycles. The summed E-state index contributed by atoms with van der Waals surface area (Å²) in [5.41, 5.74) is 1.35. The molecular weight excluding hydrogens is 360 g/mol. The molecule has 25 heavy (non-hydrogen) atoms. The first-order valence-electron chi connectivity index (χ1n) is 7.92. The third-order valence-electron chi connectivity index (χ3n) is 4.09. The summed E-state index contributed by atoms with van der Waals surface area (Å²) >= 11 is 7.88. The standard InChI is InChI=1S/C17H19ClN4O2S/c1-20-11-19-15-14(20)16(23)22(17(24)21(15)2)8-5-9-25-10-12-6-3-4-7-13(12)18/h3-4,6-7,11H,5,8-10H2,1-2H3. The van der Waals surface area contributed by atoms with Gasteiger partial charge in [-0.3, -0.25) is 13.9 Å². The summed E-state index contributed by atoms with van der Waals surface area (Å²) in [7, 11) is 3.39. The number of nitrogens with zero attached hydrogens (tertiary/aromatic N) is 4. The summed E-state index contributed by atoms with van der Waals surface area (Å²) < 4.78 is 4.37. The van der Waals surface area contributed by atoms with Gasteiger partial charge in [0, 0.05) is 31.4 Å². The molecule has 6 nitrogen and oxygen atoms in total. The molecule has 0 saturated carbocycles. The van der Waals surface area contributed by atoms with E-state index in [4.69, 9.17) is 11.6 Å². The van der Waals surface area contributed by atoms with Crippen molar-refractivity contribution >= 4 is 34.5 Å². The molecule has 0 N–H and O–H groups in total. The fourth-order valence-corrected chi connectivity index (χ4v) is 3.95. The highest BCUT2D eigenvalue weighted by molar-refractivity contribution is 7.98.